The zero-order valence-corrected chi connectivity index (χ0v) is 35.0. The van der Waals surface area contributed by atoms with E-state index in [2.05, 4.69) is 0 Å². The largest absolute Gasteiger partial charge is 0.394 e. The van der Waals surface area contributed by atoms with Crippen molar-refractivity contribution in [1.29, 1.82) is 0 Å². The number of hydrogen-bond donors (Lipinski definition) is 20. The van der Waals surface area contributed by atoms with E-state index in [1.165, 1.54) is 0 Å². The van der Waals surface area contributed by atoms with E-state index in [4.69, 9.17) is 52.1 Å². The monoisotopic (exact) mass is 990 g/mol. The van der Waals surface area contributed by atoms with Crippen LogP contribution in [0.25, 0.3) is 0 Å². The van der Waals surface area contributed by atoms with Gasteiger partial charge in [-0.15, -0.1) is 0 Å². The molecule has 6 rings (SSSR count). The molecule has 0 radical (unpaired) electrons. The Hall–Kier alpha value is -1.24. The van der Waals surface area contributed by atoms with Crippen LogP contribution in [0.1, 0.15) is 0 Å². The lowest BCUT2D eigenvalue weighted by atomic mass is 9.97. The highest BCUT2D eigenvalue weighted by molar-refractivity contribution is 4.96. The number of rotatable bonds is 16. The van der Waals surface area contributed by atoms with Gasteiger partial charge in [-0.05, 0) is 0 Å². The fraction of sp³-hybridized carbons (Fsp3) is 1.00. The molecular formula is C36H62O31. The van der Waals surface area contributed by atoms with Gasteiger partial charge in [-0.1, -0.05) is 0 Å². The molecule has 0 aliphatic carbocycles. The quantitative estimate of drug-likeness (QED) is 0.0683. The third kappa shape index (κ3) is 12.0. The molecule has 0 bridgehead atoms. The van der Waals surface area contributed by atoms with Crippen LogP contribution in [0.3, 0.4) is 0 Å². The van der Waals surface area contributed by atoms with E-state index >= 15 is 0 Å². The first kappa shape index (κ1) is 55.1. The summed E-state index contributed by atoms with van der Waals surface area (Å²) in [6.45, 7) is -4.51. The Balaban J connectivity index is 1.01. The summed E-state index contributed by atoms with van der Waals surface area (Å²) in [4.78, 5) is 0. The highest BCUT2D eigenvalue weighted by Crippen LogP contribution is 2.31. The first-order valence-electron chi connectivity index (χ1n) is 21.1. The molecule has 0 aromatic heterocycles. The van der Waals surface area contributed by atoms with Gasteiger partial charge in [0, 0.05) is 0 Å². The molecule has 6 aliphatic rings. The molecule has 31 nitrogen and oxygen atoms in total. The standard InChI is InChI=1S/C36H62O31/c37-1-7-13(38)20(45)26(51)32(63-7)58-3-9-15(40)22(47)28(53)34(65-9)60-5-11-17(42)24(49)30(55)36(67-11)61-6-12-18(43)23(48)29(54)35(66-12)59-4-10-16(41)21(46)27(52)33(64-10)57-2-8-14(39)19(44)25(50)31(56)62-8/h7-56H,1-6H2/t7-,8-,9-,10-,11-,12-,13-,14-,15-,16-,17-,18-,19+,20+,21+,22+,23+,24+,25-,26-,27-,28-,29-,30-,31+,32-,33-,34-,35-,36-/m1/s1. The van der Waals surface area contributed by atoms with Crippen molar-refractivity contribution in [3.05, 3.63) is 0 Å². The predicted molar refractivity (Wildman–Crippen MR) is 199 cm³/mol. The Morgan fingerprint density at radius 2 is 0.418 bits per heavy atom. The maximum atomic E-state index is 10.7. The minimum Gasteiger partial charge on any atom is -0.394 e. The van der Waals surface area contributed by atoms with Crippen molar-refractivity contribution >= 4 is 0 Å². The third-order valence-electron chi connectivity index (χ3n) is 12.3. The number of aliphatic hydroxyl groups excluding tert-OH is 20. The molecule has 6 heterocycles. The van der Waals surface area contributed by atoms with Crippen LogP contribution < -0.4 is 0 Å². The van der Waals surface area contributed by atoms with Crippen LogP contribution in [0, 0.1) is 0 Å². The highest BCUT2D eigenvalue weighted by Gasteiger charge is 2.52. The normalized spacial score (nSPS) is 53.4. The van der Waals surface area contributed by atoms with Crippen LogP contribution in [-0.4, -0.2) is 326 Å². The fourth-order valence-electron chi connectivity index (χ4n) is 7.99. The van der Waals surface area contributed by atoms with Crippen molar-refractivity contribution in [3.8, 4) is 0 Å². The second-order valence-electron chi connectivity index (χ2n) is 17.0. The minimum absolute atomic E-state index is 0.692. The molecule has 31 heteroatoms. The van der Waals surface area contributed by atoms with Gasteiger partial charge in [0.2, 0.25) is 0 Å². The van der Waals surface area contributed by atoms with E-state index in [0.29, 0.717) is 0 Å². The van der Waals surface area contributed by atoms with Gasteiger partial charge < -0.3 is 154 Å². The number of ether oxygens (including phenoxy) is 11. The van der Waals surface area contributed by atoms with E-state index in [1.54, 1.807) is 0 Å². The van der Waals surface area contributed by atoms with E-state index in [0.717, 1.165) is 0 Å². The molecule has 20 N–H and O–H groups in total. The highest BCUT2D eigenvalue weighted by atomic mass is 16.8. The molecule has 6 aliphatic heterocycles. The molecule has 6 fully saturated rings. The Bertz CT molecular complexity index is 1510. The van der Waals surface area contributed by atoms with Crippen LogP contribution in [0.5, 0.6) is 0 Å². The zero-order chi connectivity index (χ0) is 49.3. The SMILES string of the molecule is OC[C@H]1O[C@@H](OC[C@H]2O[C@@H](OC[C@H]3O[C@@H](OC[C@H]4O[C@@H](OC[C@H]5O[C@@H](OC[C@H]6O[C@H](O)[C@H](O)[C@@H](O)[C@@H]6O)[C@H](O)[C@@H](O)[C@@H]5O)[C@H](O)[C@@H](O)[C@@H]4O)[C@H](O)[C@@H](O)[C@@H]3O)[C@H](O)[C@@H](O)[C@@H]2O)[C@H](O)[C@@H](O)[C@@H]1O. The molecule has 0 saturated carbocycles. The minimum atomic E-state index is -2.01. The van der Waals surface area contributed by atoms with Gasteiger partial charge in [-0.2, -0.15) is 0 Å². The summed E-state index contributed by atoms with van der Waals surface area (Å²) < 4.78 is 59.7. The summed E-state index contributed by atoms with van der Waals surface area (Å²) in [5.74, 6) is 0. The predicted octanol–water partition coefficient (Wildman–Crippen LogP) is -14.1. The Morgan fingerprint density at radius 3 is 0.657 bits per heavy atom. The second kappa shape index (κ2) is 23.5. The average molecular weight is 991 g/mol. The van der Waals surface area contributed by atoms with Crippen molar-refractivity contribution in [3.63, 3.8) is 0 Å². The lowest BCUT2D eigenvalue weighted by Gasteiger charge is -2.44. The van der Waals surface area contributed by atoms with Gasteiger partial charge in [0.15, 0.2) is 37.7 Å². The van der Waals surface area contributed by atoms with E-state index in [-0.39, 0.29) is 0 Å². The lowest BCUT2D eigenvalue weighted by molar-refractivity contribution is -0.352. The summed E-state index contributed by atoms with van der Waals surface area (Å²) in [6, 6.07) is 0. The molecule has 67 heavy (non-hydrogen) atoms. The lowest BCUT2D eigenvalue weighted by Crippen LogP contribution is -2.63. The molecule has 0 aromatic carbocycles. The maximum Gasteiger partial charge on any atom is 0.186 e. The molecule has 30 atom stereocenters. The van der Waals surface area contributed by atoms with E-state index < -0.39 is 224 Å². The zero-order valence-electron chi connectivity index (χ0n) is 35.0. The van der Waals surface area contributed by atoms with Gasteiger partial charge in [0.05, 0.1) is 39.6 Å². The first-order chi connectivity index (χ1) is 31.6. The summed E-state index contributed by atoms with van der Waals surface area (Å²) in [7, 11) is 0. The average Bonchev–Trinajstić information content (AvgIpc) is 3.31. The van der Waals surface area contributed by atoms with Crippen LogP contribution in [0.15, 0.2) is 0 Å². The van der Waals surface area contributed by atoms with Crippen molar-refractivity contribution in [2.24, 2.45) is 0 Å². The van der Waals surface area contributed by atoms with E-state index in [9.17, 15) is 102 Å². The Labute approximate surface area is 378 Å². The van der Waals surface area contributed by atoms with Crippen LogP contribution in [0.4, 0.5) is 0 Å². The van der Waals surface area contributed by atoms with Gasteiger partial charge in [-0.25, -0.2) is 0 Å². The maximum absolute atomic E-state index is 10.7. The summed E-state index contributed by atoms with van der Waals surface area (Å²) >= 11 is 0. The van der Waals surface area contributed by atoms with Gasteiger partial charge in [-0.3, -0.25) is 0 Å². The molecule has 0 amide bonds. The number of hydrogen-bond acceptors (Lipinski definition) is 31. The van der Waals surface area contributed by atoms with Crippen molar-refractivity contribution in [2.75, 3.05) is 39.6 Å². The first-order valence-corrected chi connectivity index (χ1v) is 21.1. The van der Waals surface area contributed by atoms with Gasteiger partial charge in [0.25, 0.3) is 0 Å². The summed E-state index contributed by atoms with van der Waals surface area (Å²) in [5, 5.41) is 206. The smallest absolute Gasteiger partial charge is 0.186 e. The third-order valence-corrected chi connectivity index (χ3v) is 12.3. The van der Waals surface area contributed by atoms with Crippen LogP contribution >= 0.6 is 0 Å². The van der Waals surface area contributed by atoms with Crippen LogP contribution in [0.2, 0.25) is 0 Å². The molecule has 0 unspecified atom stereocenters. The molecule has 0 spiro atoms. The van der Waals surface area contributed by atoms with Gasteiger partial charge >= 0.3 is 0 Å². The van der Waals surface area contributed by atoms with Crippen molar-refractivity contribution < 1.29 is 154 Å². The number of aliphatic hydroxyl groups is 20. The second-order valence-corrected chi connectivity index (χ2v) is 17.0. The Morgan fingerprint density at radius 1 is 0.224 bits per heavy atom. The molecule has 0 aromatic rings. The summed E-state index contributed by atoms with van der Waals surface area (Å²) in [6.07, 6.45) is -54.2. The fourth-order valence-corrected chi connectivity index (χ4v) is 7.99. The molecular weight excluding hydrogens is 928 g/mol. The van der Waals surface area contributed by atoms with E-state index in [1.807, 2.05) is 0 Å². The summed E-state index contributed by atoms with van der Waals surface area (Å²) in [5.41, 5.74) is 0. The van der Waals surface area contributed by atoms with Crippen molar-refractivity contribution in [2.45, 2.75) is 184 Å². The molecule has 392 valence electrons. The van der Waals surface area contributed by atoms with Crippen molar-refractivity contribution in [1.82, 2.24) is 0 Å². The molecule has 6 saturated heterocycles. The van der Waals surface area contributed by atoms with Gasteiger partial charge in [0.1, 0.15) is 146 Å². The van der Waals surface area contributed by atoms with Crippen LogP contribution in [-0.2, 0) is 52.1 Å². The topological polar surface area (TPSA) is 506 Å². The Kier molecular flexibility index (Phi) is 19.4.